The van der Waals surface area contributed by atoms with Gasteiger partial charge in [0.25, 0.3) is 0 Å². The third-order valence-corrected chi connectivity index (χ3v) is 5.37. The fraction of sp³-hybridized carbons (Fsp3) is 0.105. The molecule has 0 aliphatic heterocycles. The van der Waals surface area contributed by atoms with Gasteiger partial charge in [-0.05, 0) is 62.4 Å². The Balaban J connectivity index is 2.03. The zero-order valence-corrected chi connectivity index (χ0v) is 16.9. The predicted octanol–water partition coefficient (Wildman–Crippen LogP) is 5.49. The van der Waals surface area contributed by atoms with Crippen LogP contribution < -0.4 is 10.8 Å². The number of anilines is 1. The Bertz CT molecular complexity index is 1080. The SMILES string of the molecule is CC(=O)c1ccc(N=C(Nc2ccc(Cl)c(Cl)c2)n2sc(C)cc2=N)cc1. The summed E-state index contributed by atoms with van der Waals surface area (Å²) in [6, 6.07) is 13.9. The number of Topliss-reactive ketones (excluding diaryl/α,β-unsaturated/α-hetero) is 1. The van der Waals surface area contributed by atoms with Gasteiger partial charge in [-0.2, -0.15) is 0 Å². The molecule has 3 rings (SSSR count). The van der Waals surface area contributed by atoms with Crippen molar-refractivity contribution in [3.05, 3.63) is 74.5 Å². The van der Waals surface area contributed by atoms with Crippen LogP contribution in [0.5, 0.6) is 0 Å². The fourth-order valence-corrected chi connectivity index (χ4v) is 3.42. The van der Waals surface area contributed by atoms with Crippen LogP contribution in [-0.2, 0) is 0 Å². The molecule has 138 valence electrons. The van der Waals surface area contributed by atoms with Gasteiger partial charge >= 0.3 is 0 Å². The minimum atomic E-state index is -0.00335. The summed E-state index contributed by atoms with van der Waals surface area (Å²) in [5.41, 5.74) is 2.28. The quantitative estimate of drug-likeness (QED) is 0.335. The fourth-order valence-electron chi connectivity index (χ4n) is 2.35. The van der Waals surface area contributed by atoms with Crippen molar-refractivity contribution in [2.75, 3.05) is 5.32 Å². The molecule has 0 saturated heterocycles. The number of aliphatic imine (C=N–C) groups is 1. The first kappa shape index (κ1) is 19.4. The normalized spacial score (nSPS) is 11.5. The van der Waals surface area contributed by atoms with Crippen molar-refractivity contribution in [1.29, 1.82) is 5.41 Å². The summed E-state index contributed by atoms with van der Waals surface area (Å²) in [4.78, 5) is 17.1. The Labute approximate surface area is 170 Å². The van der Waals surface area contributed by atoms with Crippen molar-refractivity contribution in [2.45, 2.75) is 13.8 Å². The number of benzene rings is 2. The number of ketones is 1. The molecule has 5 nitrogen and oxygen atoms in total. The number of rotatable bonds is 3. The van der Waals surface area contributed by atoms with Crippen LogP contribution in [0.1, 0.15) is 22.2 Å². The van der Waals surface area contributed by atoms with Crippen molar-refractivity contribution in [3.63, 3.8) is 0 Å². The maximum atomic E-state index is 11.4. The monoisotopic (exact) mass is 418 g/mol. The molecule has 3 aromatic rings. The van der Waals surface area contributed by atoms with Crippen molar-refractivity contribution in [1.82, 2.24) is 3.96 Å². The highest BCUT2D eigenvalue weighted by Gasteiger charge is 2.10. The van der Waals surface area contributed by atoms with E-state index in [1.54, 1.807) is 52.5 Å². The lowest BCUT2D eigenvalue weighted by molar-refractivity contribution is 0.101. The van der Waals surface area contributed by atoms with Crippen molar-refractivity contribution >= 4 is 57.9 Å². The molecular weight excluding hydrogens is 403 g/mol. The Morgan fingerprint density at radius 2 is 1.81 bits per heavy atom. The molecule has 0 spiro atoms. The molecule has 0 amide bonds. The van der Waals surface area contributed by atoms with Gasteiger partial charge in [-0.1, -0.05) is 34.7 Å². The van der Waals surface area contributed by atoms with E-state index in [4.69, 9.17) is 28.6 Å². The minimum absolute atomic E-state index is 0.00335. The molecule has 0 atom stereocenters. The molecule has 0 saturated carbocycles. The van der Waals surface area contributed by atoms with Crippen LogP contribution in [0.2, 0.25) is 10.0 Å². The molecule has 0 radical (unpaired) electrons. The number of aryl methyl sites for hydroxylation is 1. The number of halogens is 2. The number of nitrogens with zero attached hydrogens (tertiary/aromatic N) is 2. The highest BCUT2D eigenvalue weighted by Crippen LogP contribution is 2.25. The Hall–Kier alpha value is -2.41. The van der Waals surface area contributed by atoms with E-state index < -0.39 is 0 Å². The van der Waals surface area contributed by atoms with Crippen LogP contribution >= 0.6 is 34.7 Å². The van der Waals surface area contributed by atoms with E-state index in [9.17, 15) is 4.79 Å². The molecule has 0 unspecified atom stereocenters. The predicted molar refractivity (Wildman–Crippen MR) is 112 cm³/mol. The second-order valence-corrected chi connectivity index (χ2v) is 7.82. The zero-order chi connectivity index (χ0) is 19.6. The van der Waals surface area contributed by atoms with Gasteiger partial charge in [0.1, 0.15) is 5.49 Å². The van der Waals surface area contributed by atoms with E-state index in [0.29, 0.717) is 38.4 Å². The molecule has 0 aliphatic rings. The molecule has 0 fully saturated rings. The second kappa shape index (κ2) is 8.08. The third-order valence-electron chi connectivity index (χ3n) is 3.67. The van der Waals surface area contributed by atoms with Crippen LogP contribution in [0.4, 0.5) is 11.4 Å². The van der Waals surface area contributed by atoms with Crippen molar-refractivity contribution < 1.29 is 4.79 Å². The van der Waals surface area contributed by atoms with E-state index in [0.717, 1.165) is 4.88 Å². The smallest absolute Gasteiger partial charge is 0.223 e. The molecular formula is C19H16Cl2N4OS. The molecule has 0 aliphatic carbocycles. The van der Waals surface area contributed by atoms with Gasteiger partial charge in [0.05, 0.1) is 15.7 Å². The number of carbonyl (C=O) groups excluding carboxylic acids is 1. The van der Waals surface area contributed by atoms with Gasteiger partial charge in [-0.15, -0.1) is 0 Å². The summed E-state index contributed by atoms with van der Waals surface area (Å²) in [5.74, 6) is 0.448. The first-order valence-corrected chi connectivity index (χ1v) is 9.53. The largest absolute Gasteiger partial charge is 0.325 e. The maximum Gasteiger partial charge on any atom is 0.223 e. The van der Waals surface area contributed by atoms with Crippen LogP contribution in [0.15, 0.2) is 53.5 Å². The Morgan fingerprint density at radius 3 is 2.37 bits per heavy atom. The first-order valence-electron chi connectivity index (χ1n) is 8.00. The van der Waals surface area contributed by atoms with Gasteiger partial charge in [0, 0.05) is 16.1 Å². The Kier molecular flexibility index (Phi) is 5.79. The van der Waals surface area contributed by atoms with Crippen molar-refractivity contribution in [3.8, 4) is 0 Å². The lowest BCUT2D eigenvalue weighted by Crippen LogP contribution is -2.28. The number of aromatic nitrogens is 1. The Morgan fingerprint density at radius 1 is 1.11 bits per heavy atom. The molecule has 27 heavy (non-hydrogen) atoms. The van der Waals surface area contributed by atoms with E-state index in [-0.39, 0.29) is 5.78 Å². The summed E-state index contributed by atoms with van der Waals surface area (Å²) in [6.07, 6.45) is 0. The van der Waals surface area contributed by atoms with E-state index in [2.05, 4.69) is 10.3 Å². The van der Waals surface area contributed by atoms with Gasteiger partial charge in [-0.3, -0.25) is 10.2 Å². The van der Waals surface area contributed by atoms with Gasteiger partial charge in [0.2, 0.25) is 5.96 Å². The van der Waals surface area contributed by atoms with Crippen LogP contribution in [0.25, 0.3) is 0 Å². The minimum Gasteiger partial charge on any atom is -0.325 e. The summed E-state index contributed by atoms with van der Waals surface area (Å²) < 4.78 is 1.68. The highest BCUT2D eigenvalue weighted by atomic mass is 35.5. The van der Waals surface area contributed by atoms with Gasteiger partial charge in [-0.25, -0.2) is 8.95 Å². The van der Waals surface area contributed by atoms with Crippen molar-refractivity contribution in [2.24, 2.45) is 4.99 Å². The summed E-state index contributed by atoms with van der Waals surface area (Å²) in [5, 5.41) is 12.3. The second-order valence-electron chi connectivity index (χ2n) is 5.82. The van der Waals surface area contributed by atoms with Gasteiger partial charge < -0.3 is 5.32 Å². The summed E-state index contributed by atoms with van der Waals surface area (Å²) in [6.45, 7) is 3.45. The van der Waals surface area contributed by atoms with E-state index in [1.165, 1.54) is 18.5 Å². The van der Waals surface area contributed by atoms with E-state index in [1.807, 2.05) is 6.92 Å². The maximum absolute atomic E-state index is 11.4. The van der Waals surface area contributed by atoms with Crippen LogP contribution in [0.3, 0.4) is 0 Å². The number of carbonyl (C=O) groups is 1. The molecule has 1 aromatic heterocycles. The topological polar surface area (TPSA) is 70.2 Å². The molecule has 2 N–H and O–H groups in total. The number of hydrogen-bond donors (Lipinski definition) is 2. The van der Waals surface area contributed by atoms with Crippen LogP contribution in [0, 0.1) is 12.3 Å². The first-order chi connectivity index (χ1) is 12.8. The molecule has 2 aromatic carbocycles. The molecule has 1 heterocycles. The number of nitrogens with one attached hydrogen (secondary N) is 2. The van der Waals surface area contributed by atoms with Gasteiger partial charge in [0.15, 0.2) is 5.78 Å². The summed E-state index contributed by atoms with van der Waals surface area (Å²) >= 11 is 13.5. The lowest BCUT2D eigenvalue weighted by atomic mass is 10.1. The summed E-state index contributed by atoms with van der Waals surface area (Å²) in [7, 11) is 0. The van der Waals surface area contributed by atoms with Crippen LogP contribution in [-0.4, -0.2) is 15.7 Å². The zero-order valence-electron chi connectivity index (χ0n) is 14.6. The average molecular weight is 419 g/mol. The highest BCUT2D eigenvalue weighted by molar-refractivity contribution is 7.07. The average Bonchev–Trinajstić information content (AvgIpc) is 2.96. The third kappa shape index (κ3) is 4.66. The molecule has 0 bridgehead atoms. The lowest BCUT2D eigenvalue weighted by Gasteiger charge is -2.11. The standard InChI is InChI=1S/C19H16Cl2N4OS/c1-11-9-18(22)25(27-11)19(24-15-7-8-16(20)17(21)10-15)23-14-5-3-13(4-6-14)12(2)26/h3-10,22H,1-2H3,(H,23,24). The van der Waals surface area contributed by atoms with E-state index >= 15 is 0 Å². The number of hydrogen-bond acceptors (Lipinski definition) is 4. The molecule has 8 heteroatoms.